The highest BCUT2D eigenvalue weighted by atomic mass is 16.5. The number of ether oxygens (including phenoxy) is 2. The standard InChI is InChI=1S/C21H23N3O5/c1-3-12-29-17-10-6-15(7-11-17)24-19(25)13-18(21(24)27)22-23-20(26)14-4-8-16(28-2)9-5-14/h4-11,18,22H,3,12-13H2,1-2H3,(H,23,26)/t18-/m1/s1. The van der Waals surface area contributed by atoms with Gasteiger partial charge in [-0.2, -0.15) is 0 Å². The fraction of sp³-hybridized carbons (Fsp3) is 0.286. The molecule has 3 amide bonds. The zero-order valence-corrected chi connectivity index (χ0v) is 16.3. The molecule has 0 saturated carbocycles. The van der Waals surface area contributed by atoms with E-state index < -0.39 is 17.9 Å². The third kappa shape index (κ3) is 4.72. The normalized spacial score (nSPS) is 16.1. The van der Waals surface area contributed by atoms with Crippen LogP contribution in [0.5, 0.6) is 11.5 Å². The van der Waals surface area contributed by atoms with Crippen LogP contribution < -0.4 is 25.2 Å². The second kappa shape index (κ2) is 9.20. The number of nitrogens with one attached hydrogen (secondary N) is 2. The van der Waals surface area contributed by atoms with Gasteiger partial charge in [-0.25, -0.2) is 10.3 Å². The molecule has 152 valence electrons. The number of nitrogens with zero attached hydrogens (tertiary/aromatic N) is 1. The number of carbonyl (C=O) groups is 3. The van der Waals surface area contributed by atoms with Gasteiger partial charge in [0.25, 0.3) is 11.8 Å². The van der Waals surface area contributed by atoms with Gasteiger partial charge in [0, 0.05) is 5.56 Å². The maximum Gasteiger partial charge on any atom is 0.265 e. The van der Waals surface area contributed by atoms with Crippen LogP contribution >= 0.6 is 0 Å². The van der Waals surface area contributed by atoms with E-state index in [9.17, 15) is 14.4 Å². The minimum absolute atomic E-state index is 0.0458. The summed E-state index contributed by atoms with van der Waals surface area (Å²) in [5, 5.41) is 0. The number of amides is 3. The van der Waals surface area contributed by atoms with E-state index in [0.717, 1.165) is 11.3 Å². The van der Waals surface area contributed by atoms with E-state index in [0.29, 0.717) is 29.4 Å². The van der Waals surface area contributed by atoms with E-state index in [4.69, 9.17) is 9.47 Å². The predicted octanol–water partition coefficient (Wildman–Crippen LogP) is 2.05. The van der Waals surface area contributed by atoms with Gasteiger partial charge < -0.3 is 9.47 Å². The molecule has 8 heteroatoms. The predicted molar refractivity (Wildman–Crippen MR) is 107 cm³/mol. The first-order valence-corrected chi connectivity index (χ1v) is 9.33. The third-order valence-electron chi connectivity index (χ3n) is 4.43. The molecule has 3 rings (SSSR count). The van der Waals surface area contributed by atoms with E-state index >= 15 is 0 Å². The number of hydrogen-bond donors (Lipinski definition) is 2. The minimum Gasteiger partial charge on any atom is -0.497 e. The van der Waals surface area contributed by atoms with Gasteiger partial charge in [-0.3, -0.25) is 19.8 Å². The van der Waals surface area contributed by atoms with Crippen molar-refractivity contribution in [2.75, 3.05) is 18.6 Å². The Morgan fingerprint density at radius 3 is 2.34 bits per heavy atom. The average molecular weight is 397 g/mol. The zero-order chi connectivity index (χ0) is 20.8. The highest BCUT2D eigenvalue weighted by molar-refractivity contribution is 6.22. The number of anilines is 1. The number of rotatable bonds is 8. The molecule has 0 unspecified atom stereocenters. The topological polar surface area (TPSA) is 97.0 Å². The van der Waals surface area contributed by atoms with Crippen LogP contribution in [0, 0.1) is 0 Å². The Kier molecular flexibility index (Phi) is 6.46. The Morgan fingerprint density at radius 1 is 1.07 bits per heavy atom. The molecule has 0 aromatic heterocycles. The molecule has 29 heavy (non-hydrogen) atoms. The molecular formula is C21H23N3O5. The molecule has 1 fully saturated rings. The van der Waals surface area contributed by atoms with E-state index in [1.54, 1.807) is 48.5 Å². The first-order valence-electron chi connectivity index (χ1n) is 9.33. The van der Waals surface area contributed by atoms with Crippen LogP contribution in [0.1, 0.15) is 30.1 Å². The van der Waals surface area contributed by atoms with Crippen LogP contribution in [-0.2, 0) is 9.59 Å². The number of hydrazine groups is 1. The molecule has 8 nitrogen and oxygen atoms in total. The van der Waals surface area contributed by atoms with E-state index in [2.05, 4.69) is 10.9 Å². The molecule has 1 heterocycles. The molecule has 1 atom stereocenters. The minimum atomic E-state index is -0.833. The molecule has 2 N–H and O–H groups in total. The number of carbonyl (C=O) groups excluding carboxylic acids is 3. The lowest BCUT2D eigenvalue weighted by Gasteiger charge is -2.16. The van der Waals surface area contributed by atoms with Crippen molar-refractivity contribution in [3.05, 3.63) is 54.1 Å². The van der Waals surface area contributed by atoms with Gasteiger partial charge in [-0.15, -0.1) is 0 Å². The summed E-state index contributed by atoms with van der Waals surface area (Å²) in [6.07, 6.45) is 0.844. The van der Waals surface area contributed by atoms with Crippen LogP contribution in [0.4, 0.5) is 5.69 Å². The van der Waals surface area contributed by atoms with Gasteiger partial charge in [-0.1, -0.05) is 6.92 Å². The van der Waals surface area contributed by atoms with Crippen molar-refractivity contribution in [1.82, 2.24) is 10.9 Å². The van der Waals surface area contributed by atoms with Gasteiger partial charge in [-0.05, 0) is 55.0 Å². The van der Waals surface area contributed by atoms with Crippen LogP contribution in [0.25, 0.3) is 0 Å². The van der Waals surface area contributed by atoms with Gasteiger partial charge in [0.2, 0.25) is 5.91 Å². The van der Waals surface area contributed by atoms with Crippen LogP contribution in [0.3, 0.4) is 0 Å². The third-order valence-corrected chi connectivity index (χ3v) is 4.43. The van der Waals surface area contributed by atoms with Gasteiger partial charge >= 0.3 is 0 Å². The molecule has 1 aliphatic rings. The van der Waals surface area contributed by atoms with E-state index in [1.807, 2.05) is 6.92 Å². The smallest absolute Gasteiger partial charge is 0.265 e. The molecule has 0 radical (unpaired) electrons. The second-order valence-corrected chi connectivity index (χ2v) is 6.49. The number of benzene rings is 2. The lowest BCUT2D eigenvalue weighted by atomic mass is 10.2. The summed E-state index contributed by atoms with van der Waals surface area (Å²) in [6.45, 7) is 2.61. The molecule has 2 aromatic carbocycles. The summed E-state index contributed by atoms with van der Waals surface area (Å²) in [5.41, 5.74) is 6.01. The SMILES string of the molecule is CCCOc1ccc(N2C(=O)C[C@@H](NNC(=O)c3ccc(OC)cc3)C2=O)cc1. The molecule has 1 aliphatic heterocycles. The summed E-state index contributed by atoms with van der Waals surface area (Å²) < 4.78 is 10.6. The Labute approximate surface area is 168 Å². The summed E-state index contributed by atoms with van der Waals surface area (Å²) in [5.74, 6) is 0.133. The monoisotopic (exact) mass is 397 g/mol. The molecule has 2 aromatic rings. The highest BCUT2D eigenvalue weighted by Crippen LogP contribution is 2.25. The van der Waals surface area contributed by atoms with Gasteiger partial charge in [0.05, 0.1) is 25.8 Å². The summed E-state index contributed by atoms with van der Waals surface area (Å²) in [6, 6.07) is 12.5. The first kappa shape index (κ1) is 20.3. The molecular weight excluding hydrogens is 374 g/mol. The van der Waals surface area contributed by atoms with Gasteiger partial charge in [0.1, 0.15) is 17.5 Å². The molecule has 0 aliphatic carbocycles. The first-order chi connectivity index (χ1) is 14.0. The zero-order valence-electron chi connectivity index (χ0n) is 16.3. The number of hydrogen-bond acceptors (Lipinski definition) is 6. The number of imide groups is 1. The Hall–Kier alpha value is -3.39. The van der Waals surface area contributed by atoms with Crippen molar-refractivity contribution in [2.24, 2.45) is 0 Å². The fourth-order valence-electron chi connectivity index (χ4n) is 2.89. The van der Waals surface area contributed by atoms with Crippen molar-refractivity contribution in [2.45, 2.75) is 25.8 Å². The Bertz CT molecular complexity index is 880. The summed E-state index contributed by atoms with van der Waals surface area (Å²) in [7, 11) is 1.54. The number of methoxy groups -OCH3 is 1. The van der Waals surface area contributed by atoms with E-state index in [1.165, 1.54) is 7.11 Å². The Balaban J connectivity index is 1.60. The fourth-order valence-corrected chi connectivity index (χ4v) is 2.89. The molecule has 1 saturated heterocycles. The molecule has 0 spiro atoms. The van der Waals surface area contributed by atoms with Crippen molar-refractivity contribution in [1.29, 1.82) is 0 Å². The maximum atomic E-state index is 12.6. The largest absolute Gasteiger partial charge is 0.497 e. The summed E-state index contributed by atoms with van der Waals surface area (Å²) >= 11 is 0. The lowest BCUT2D eigenvalue weighted by Crippen LogP contribution is -2.48. The van der Waals surface area contributed by atoms with Crippen molar-refractivity contribution < 1.29 is 23.9 Å². The second-order valence-electron chi connectivity index (χ2n) is 6.49. The van der Waals surface area contributed by atoms with Crippen LogP contribution in [0.15, 0.2) is 48.5 Å². The molecule has 0 bridgehead atoms. The van der Waals surface area contributed by atoms with Crippen LogP contribution in [0.2, 0.25) is 0 Å². The van der Waals surface area contributed by atoms with Crippen LogP contribution in [-0.4, -0.2) is 37.5 Å². The van der Waals surface area contributed by atoms with Gasteiger partial charge in [0.15, 0.2) is 0 Å². The highest BCUT2D eigenvalue weighted by Gasteiger charge is 2.39. The summed E-state index contributed by atoms with van der Waals surface area (Å²) in [4.78, 5) is 38.3. The average Bonchev–Trinajstić information content (AvgIpc) is 3.04. The quantitative estimate of drug-likeness (QED) is 0.523. The maximum absolute atomic E-state index is 12.6. The van der Waals surface area contributed by atoms with Crippen molar-refractivity contribution in [3.8, 4) is 11.5 Å². The van der Waals surface area contributed by atoms with Crippen molar-refractivity contribution >= 4 is 23.4 Å². The Morgan fingerprint density at radius 2 is 1.72 bits per heavy atom. The lowest BCUT2D eigenvalue weighted by molar-refractivity contribution is -0.121. The van der Waals surface area contributed by atoms with E-state index in [-0.39, 0.29) is 12.3 Å². The van der Waals surface area contributed by atoms with Crippen molar-refractivity contribution in [3.63, 3.8) is 0 Å².